The van der Waals surface area contributed by atoms with E-state index >= 15 is 0 Å². The van der Waals surface area contributed by atoms with Crippen LogP contribution in [0.25, 0.3) is 17.0 Å². The summed E-state index contributed by atoms with van der Waals surface area (Å²) in [6.45, 7) is 0.640. The third-order valence-electron chi connectivity index (χ3n) is 4.55. The van der Waals surface area contributed by atoms with Crippen molar-refractivity contribution in [3.05, 3.63) is 75.0 Å². The third kappa shape index (κ3) is 3.40. The van der Waals surface area contributed by atoms with Crippen LogP contribution >= 0.6 is 39.7 Å². The van der Waals surface area contributed by atoms with Crippen molar-refractivity contribution < 1.29 is 4.79 Å². The van der Waals surface area contributed by atoms with Gasteiger partial charge >= 0.3 is 0 Å². The molecule has 2 heterocycles. The van der Waals surface area contributed by atoms with Gasteiger partial charge in [-0.1, -0.05) is 45.7 Å². The fraction of sp³-hybridized carbons (Fsp3) is 0.100. The molecule has 0 radical (unpaired) electrons. The van der Waals surface area contributed by atoms with E-state index in [4.69, 9.17) is 23.8 Å². The number of halogens is 2. The fourth-order valence-corrected chi connectivity index (χ4v) is 3.88. The van der Waals surface area contributed by atoms with Crippen molar-refractivity contribution >= 4 is 67.7 Å². The molecule has 27 heavy (non-hydrogen) atoms. The summed E-state index contributed by atoms with van der Waals surface area (Å²) in [5.41, 5.74) is 3.51. The highest BCUT2D eigenvalue weighted by Gasteiger charge is 2.27. The van der Waals surface area contributed by atoms with Crippen molar-refractivity contribution in [2.45, 2.75) is 6.54 Å². The second-order valence-corrected chi connectivity index (χ2v) is 8.03. The molecule has 7 heteroatoms. The molecule has 4 rings (SSSR count). The van der Waals surface area contributed by atoms with Gasteiger partial charge in [0.2, 0.25) is 0 Å². The van der Waals surface area contributed by atoms with E-state index in [1.54, 1.807) is 7.05 Å². The second-order valence-electron chi connectivity index (χ2n) is 6.32. The number of nitrogens with zero attached hydrogens (tertiary/aromatic N) is 2. The van der Waals surface area contributed by atoms with Crippen LogP contribution in [0.2, 0.25) is 5.02 Å². The molecule has 0 spiro atoms. The Kier molecular flexibility index (Phi) is 4.80. The monoisotopic (exact) mass is 459 g/mol. The summed E-state index contributed by atoms with van der Waals surface area (Å²) in [6, 6.07) is 13.9. The van der Waals surface area contributed by atoms with Gasteiger partial charge in [0.25, 0.3) is 5.91 Å². The summed E-state index contributed by atoms with van der Waals surface area (Å²) in [5, 5.41) is 5.16. The maximum Gasteiger partial charge on any atom is 0.276 e. The lowest BCUT2D eigenvalue weighted by Gasteiger charge is -2.07. The van der Waals surface area contributed by atoms with Gasteiger partial charge < -0.3 is 9.88 Å². The Labute approximate surface area is 175 Å². The first-order valence-electron chi connectivity index (χ1n) is 8.26. The molecular formula is C20H15BrClN3OS. The molecule has 1 fully saturated rings. The number of amides is 1. The first kappa shape index (κ1) is 18.2. The zero-order valence-electron chi connectivity index (χ0n) is 14.4. The van der Waals surface area contributed by atoms with Crippen molar-refractivity contribution in [2.24, 2.45) is 0 Å². The van der Waals surface area contributed by atoms with E-state index in [0.29, 0.717) is 17.4 Å². The summed E-state index contributed by atoms with van der Waals surface area (Å²) in [5.74, 6) is -0.137. The van der Waals surface area contributed by atoms with E-state index in [-0.39, 0.29) is 5.91 Å². The number of aromatic nitrogens is 1. The van der Waals surface area contributed by atoms with E-state index in [1.165, 1.54) is 4.90 Å². The van der Waals surface area contributed by atoms with E-state index in [9.17, 15) is 4.79 Å². The highest BCUT2D eigenvalue weighted by Crippen LogP contribution is 2.29. The summed E-state index contributed by atoms with van der Waals surface area (Å²) in [7, 11) is 1.66. The van der Waals surface area contributed by atoms with Crippen LogP contribution in [0.4, 0.5) is 0 Å². The van der Waals surface area contributed by atoms with Gasteiger partial charge in [-0.25, -0.2) is 0 Å². The number of carbonyl (C=O) groups excluding carboxylic acids is 1. The molecule has 0 aliphatic carbocycles. The van der Waals surface area contributed by atoms with Crippen LogP contribution in [0.3, 0.4) is 0 Å². The quantitative estimate of drug-likeness (QED) is 0.451. The van der Waals surface area contributed by atoms with Gasteiger partial charge in [-0.15, -0.1) is 0 Å². The van der Waals surface area contributed by atoms with Crippen molar-refractivity contribution in [2.75, 3.05) is 7.05 Å². The van der Waals surface area contributed by atoms with E-state index < -0.39 is 0 Å². The van der Waals surface area contributed by atoms with Gasteiger partial charge in [0.15, 0.2) is 5.11 Å². The molecule has 0 unspecified atom stereocenters. The molecule has 1 aliphatic heterocycles. The molecule has 1 aliphatic rings. The lowest BCUT2D eigenvalue weighted by molar-refractivity contribution is -0.121. The molecule has 1 N–H and O–H groups in total. The van der Waals surface area contributed by atoms with Crippen LogP contribution in [0.15, 0.2) is 58.8 Å². The predicted molar refractivity (Wildman–Crippen MR) is 117 cm³/mol. The first-order valence-corrected chi connectivity index (χ1v) is 9.84. The van der Waals surface area contributed by atoms with Crippen LogP contribution in [0.1, 0.15) is 11.1 Å². The topological polar surface area (TPSA) is 37.3 Å². The van der Waals surface area contributed by atoms with Crippen LogP contribution in [-0.4, -0.2) is 27.5 Å². The molecule has 0 bridgehead atoms. The Hall–Kier alpha value is -2.15. The first-order chi connectivity index (χ1) is 12.9. The number of carbonyl (C=O) groups is 1. The van der Waals surface area contributed by atoms with E-state index in [2.05, 4.69) is 31.9 Å². The Balaban J connectivity index is 1.82. The lowest BCUT2D eigenvalue weighted by Crippen LogP contribution is -2.25. The Morgan fingerprint density at radius 1 is 1.26 bits per heavy atom. The summed E-state index contributed by atoms with van der Waals surface area (Å²) >= 11 is 15.0. The molecule has 1 saturated heterocycles. The highest BCUT2D eigenvalue weighted by molar-refractivity contribution is 9.10. The number of rotatable bonds is 3. The van der Waals surface area contributed by atoms with Gasteiger partial charge in [0.1, 0.15) is 5.70 Å². The van der Waals surface area contributed by atoms with Crippen LogP contribution in [0, 0.1) is 0 Å². The zero-order valence-corrected chi connectivity index (χ0v) is 17.5. The molecule has 136 valence electrons. The molecule has 2 aromatic carbocycles. The minimum atomic E-state index is -0.137. The van der Waals surface area contributed by atoms with Crippen molar-refractivity contribution in [3.63, 3.8) is 0 Å². The van der Waals surface area contributed by atoms with Gasteiger partial charge in [-0.3, -0.25) is 9.69 Å². The molecule has 4 nitrogen and oxygen atoms in total. The third-order valence-corrected chi connectivity index (χ3v) is 5.79. The predicted octanol–water partition coefficient (Wildman–Crippen LogP) is 4.79. The van der Waals surface area contributed by atoms with Gasteiger partial charge in [0, 0.05) is 45.8 Å². The van der Waals surface area contributed by atoms with Crippen molar-refractivity contribution in [1.82, 2.24) is 14.8 Å². The number of nitrogens with one attached hydrogen (secondary N) is 1. The molecule has 3 aromatic rings. The number of hydrogen-bond donors (Lipinski definition) is 1. The molecule has 0 saturated carbocycles. The minimum Gasteiger partial charge on any atom is -0.342 e. The lowest BCUT2D eigenvalue weighted by atomic mass is 10.1. The van der Waals surface area contributed by atoms with Crippen LogP contribution in [0.5, 0.6) is 0 Å². The normalized spacial score (nSPS) is 15.8. The minimum absolute atomic E-state index is 0.137. The standard InChI is InChI=1S/C20H15BrClN3OS/c1-24-19(26)17(23-20(24)27)8-13-11-25(10-12-4-2-3-5-16(12)22)18-7-6-14(21)9-15(13)18/h2-9,11H,10H2,1H3,(H,23,27)/b17-8-. The maximum absolute atomic E-state index is 12.3. The SMILES string of the molecule is CN1C(=O)/C(=C/c2cn(Cc3ccccc3Cl)c3ccc(Br)cc23)NC1=S. The maximum atomic E-state index is 12.3. The van der Waals surface area contributed by atoms with E-state index in [0.717, 1.165) is 31.5 Å². The largest absolute Gasteiger partial charge is 0.342 e. The number of hydrogen-bond acceptors (Lipinski definition) is 2. The number of fused-ring (bicyclic) bond motifs is 1. The van der Waals surface area contributed by atoms with Crippen molar-refractivity contribution in [1.29, 1.82) is 0 Å². The summed E-state index contributed by atoms with van der Waals surface area (Å²) in [6.07, 6.45) is 3.87. The van der Waals surface area contributed by atoms with Gasteiger partial charge in [-0.05, 0) is 48.1 Å². The average Bonchev–Trinajstić information content (AvgIpc) is 3.09. The Bertz CT molecular complexity index is 1120. The molecule has 1 amide bonds. The second kappa shape index (κ2) is 7.11. The van der Waals surface area contributed by atoms with Crippen LogP contribution < -0.4 is 5.32 Å². The Morgan fingerprint density at radius 3 is 2.74 bits per heavy atom. The molecule has 1 aromatic heterocycles. The number of thiocarbonyl (C=S) groups is 1. The average molecular weight is 461 g/mol. The van der Waals surface area contributed by atoms with Gasteiger partial charge in [0.05, 0.1) is 0 Å². The van der Waals surface area contributed by atoms with Gasteiger partial charge in [-0.2, -0.15) is 0 Å². The van der Waals surface area contributed by atoms with Crippen molar-refractivity contribution in [3.8, 4) is 0 Å². The number of benzene rings is 2. The fourth-order valence-electron chi connectivity index (χ4n) is 3.13. The summed E-state index contributed by atoms with van der Waals surface area (Å²) < 4.78 is 3.11. The smallest absolute Gasteiger partial charge is 0.276 e. The Morgan fingerprint density at radius 2 is 2.04 bits per heavy atom. The summed E-state index contributed by atoms with van der Waals surface area (Å²) in [4.78, 5) is 13.8. The highest BCUT2D eigenvalue weighted by atomic mass is 79.9. The van der Waals surface area contributed by atoms with E-state index in [1.807, 2.05) is 48.7 Å². The number of likely N-dealkylation sites (N-methyl/N-ethyl adjacent to an activating group) is 1. The molecule has 0 atom stereocenters. The molecular weight excluding hydrogens is 446 g/mol. The van der Waals surface area contributed by atoms with Crippen LogP contribution in [-0.2, 0) is 11.3 Å². The zero-order chi connectivity index (χ0) is 19.1.